The molecule has 0 spiro atoms. The number of nitrogens with one attached hydrogen (secondary N) is 4. The third kappa shape index (κ3) is 65.7. The van der Waals surface area contributed by atoms with E-state index in [-0.39, 0.29) is 414 Å². The van der Waals surface area contributed by atoms with Crippen LogP contribution >= 0.6 is 0 Å². The van der Waals surface area contributed by atoms with Crippen molar-refractivity contribution in [2.45, 2.75) is 122 Å². The first-order valence-corrected chi connectivity index (χ1v) is 50.2. The molecule has 4 amide bonds. The Morgan fingerprint density at radius 3 is 0.796 bits per heavy atom. The Bertz CT molecular complexity index is 5910. The van der Waals surface area contributed by atoms with E-state index in [0.717, 1.165) is 48.5 Å². The summed E-state index contributed by atoms with van der Waals surface area (Å²) < 4.78 is 569. The van der Waals surface area contributed by atoms with E-state index < -0.39 is 340 Å². The van der Waals surface area contributed by atoms with E-state index in [0.29, 0.717) is 24.3 Å². The first-order chi connectivity index (χ1) is 57.5. The van der Waals surface area contributed by atoms with Gasteiger partial charge < -0.3 is 95.6 Å². The molecular weight excluding hydrogens is 2400 g/mol. The fourth-order valence-electron chi connectivity index (χ4n) is 11.2. The fraction of sp³-hybridized carbons (Fsp3) is 0.522. The van der Waals surface area contributed by atoms with Gasteiger partial charge in [0.05, 0.1) is 25.3 Å². The summed E-state index contributed by atoms with van der Waals surface area (Å²) >= 11 is 0. The van der Waals surface area contributed by atoms with Crippen molar-refractivity contribution in [2.75, 3.05) is 26.3 Å². The van der Waals surface area contributed by atoms with Crippen molar-refractivity contribution in [1.82, 2.24) is 21.3 Å². The molecule has 0 saturated carbocycles. The van der Waals surface area contributed by atoms with Crippen LogP contribution in [0.3, 0.4) is 0 Å². The van der Waals surface area contributed by atoms with Crippen molar-refractivity contribution in [3.05, 3.63) is 107 Å². The number of rotatable bonds is 50. The first-order valence-electron chi connectivity index (χ1n) is 31.5. The monoisotopic (exact) mass is 2450 g/mol. The fourth-order valence-corrected chi connectivity index (χ4v) is 17.6. The first kappa shape index (κ1) is 169. The summed E-state index contributed by atoms with van der Waals surface area (Å²) in [5, 5.41) is 36.9. The average molecular weight is 2450 g/mol. The molecule has 3 aromatic carbocycles. The molecule has 2 fully saturated rings. The Morgan fingerprint density at radius 1 is 0.310 bits per heavy atom. The number of hydrogen-bond acceptors (Lipinski definition) is 62. The summed E-state index contributed by atoms with van der Waals surface area (Å²) in [6.07, 6.45) is -56.8. The van der Waals surface area contributed by atoms with E-state index in [1.807, 2.05) is 0 Å². The maximum absolute atomic E-state index is 15.6. The predicted octanol–water partition coefficient (Wildman–Crippen LogP) is -58.6. The van der Waals surface area contributed by atoms with Gasteiger partial charge in [0.25, 0.3) is 23.6 Å². The van der Waals surface area contributed by atoms with Gasteiger partial charge in [-0.05, 0) is 48.2 Å². The van der Waals surface area contributed by atoms with Crippen LogP contribution in [0.2, 0.25) is 0 Å². The van der Waals surface area contributed by atoms with Crippen molar-refractivity contribution in [2.24, 2.45) is 0 Å². The molecule has 18 atom stereocenters. The van der Waals surface area contributed by atoms with Gasteiger partial charge in [0.15, 0.2) is 12.2 Å². The average Bonchev–Trinajstić information content (AvgIpc) is 0.747. The third-order valence-electron chi connectivity index (χ3n) is 15.2. The molecule has 734 valence electrons. The normalized spacial score (nSPS) is 21.4. The third-order valence-corrected chi connectivity index (χ3v) is 21.6. The molecule has 0 aromatic heterocycles. The summed E-state index contributed by atoms with van der Waals surface area (Å²) in [6.45, 7) is -9.52. The number of carbonyl (C=O) groups excluding carboxylic acids is 4. The van der Waals surface area contributed by atoms with Crippen molar-refractivity contribution in [1.29, 1.82) is 0 Å². The molecule has 0 unspecified atom stereocenters. The second-order valence-corrected chi connectivity index (χ2v) is 38.6. The minimum atomic E-state index is -7.01. The molecule has 3 aromatic rings. The van der Waals surface area contributed by atoms with Crippen LogP contribution in [0.5, 0.6) is 0 Å². The molecule has 0 bridgehead atoms. The van der Waals surface area contributed by atoms with Gasteiger partial charge in [-0.3, -0.25) is 78.5 Å². The summed E-state index contributed by atoms with van der Waals surface area (Å²) in [6, 6.07) is 5.38. The molecule has 0 radical (unpaired) electrons. The summed E-state index contributed by atoms with van der Waals surface area (Å²) in [7, 11) is -94.3. The minimum Gasteiger partial charge on any atom is -0.827 e. The minimum absolute atomic E-state index is 0. The molecule has 68 nitrogen and oxygen atoms in total. The van der Waals surface area contributed by atoms with Gasteiger partial charge in [-0.2, -0.15) is 16.8 Å². The smallest absolute Gasteiger partial charge is 0.827 e. The Balaban J connectivity index is -0.00000156. The van der Waals surface area contributed by atoms with E-state index in [2.05, 4.69) is 58.6 Å². The Morgan fingerprint density at radius 2 is 0.556 bits per heavy atom. The largest absolute Gasteiger partial charge is 1.00 e. The van der Waals surface area contributed by atoms with E-state index >= 15 is 10.2 Å². The second-order valence-electron chi connectivity index (χ2n) is 24.3. The number of benzene rings is 3. The van der Waals surface area contributed by atoms with Crippen molar-refractivity contribution >= 4 is 169 Å². The number of amides is 4. The topological polar surface area (TPSA) is 1110 Å². The van der Waals surface area contributed by atoms with Gasteiger partial charge >= 0.3 is 435 Å². The van der Waals surface area contributed by atoms with Crippen LogP contribution in [0, 0.1) is 0 Å². The second kappa shape index (κ2) is 69.6. The number of hydrogen-bond donors (Lipinski definition) is 6. The molecule has 2 aliphatic heterocycles. The molecule has 2 saturated heterocycles. The molecule has 0 aliphatic carbocycles. The molecular formula is C46H48N4Na14O64S14. The maximum Gasteiger partial charge on any atom is 1.00 e. The van der Waals surface area contributed by atoms with Crippen LogP contribution in [0.15, 0.2) is 84.9 Å². The van der Waals surface area contributed by atoms with Crippen molar-refractivity contribution in [3.8, 4) is 0 Å². The van der Waals surface area contributed by atoms with Crippen LogP contribution in [-0.2, 0) is 236 Å². The van der Waals surface area contributed by atoms with Gasteiger partial charge in [-0.25, -0.2) is 109 Å². The Hall–Kier alpha value is 7.56. The van der Waals surface area contributed by atoms with Gasteiger partial charge in [0, 0.05) is 35.8 Å². The van der Waals surface area contributed by atoms with Gasteiger partial charge in [-0.1, -0.05) is 60.7 Å². The summed E-state index contributed by atoms with van der Waals surface area (Å²) in [4.78, 5) is 57.2. The molecule has 96 heteroatoms. The zero-order valence-electron chi connectivity index (χ0n) is 74.5. The zero-order chi connectivity index (χ0) is 98.1. The van der Waals surface area contributed by atoms with Crippen LogP contribution in [0.25, 0.3) is 0 Å². The summed E-state index contributed by atoms with van der Waals surface area (Å²) in [5.74, 6) is -17.8. The van der Waals surface area contributed by atoms with E-state index in [1.54, 1.807) is 10.6 Å². The summed E-state index contributed by atoms with van der Waals surface area (Å²) in [5.41, 5.74) is -3.04. The van der Waals surface area contributed by atoms with Gasteiger partial charge in [0.2, 0.25) is 125 Å². The standard InChI is InChI=1S/C46H60N4O64S14.14Na/c51-41(49-39-35(111-125(87,88)89)29(105-119(69,70)71)25(101-45(39,55)15-21-7-3-1-4-8-21)17-47-43(53)37(113-127(93,94)95)33(109-123(81,82)83)31(107-121(75,76)77)27(103-117(63,64)65)19-99-115(57,58)59)23-11-13-24(14-12-23)42(52)50-40-36(112-126(90,91)92)30(106-120(72,73)74)26(102-46(40,56)16-22-9-5-2-6-10-22)18-48-44(54)38(114-128(96,97)98)34(110-124(84,85)86)32(108-122(78,79)80)28(104-118(66,67)68)20-100-116(60,61)62;;;;;;;;;;;;;;/h1-14,25-40H,15-20H2,(H,47,53)(H,48,54)(H,49,51)(H,50,52)(H,57,58,59)(H,60,61,62)(H,63,64,65)(H,66,67,68)(H,69,70,71)(H,72,73,74)(H,75,76,77)(H,78,79,80)(H,81,82,83)(H,84,85,86)(H,87,88,89)(H,90,91,92)(H,93,94,95)(H,96,97,98);;;;;;;;;;;;;;/q-2;14*+1/p-12/t25-,26-,27-,28-,29-,30-,31-,32-,33+,34+,35+,36+,37-,38-,39-,40-,45+,46+;;;;;;;;;;;;;;/m1............../s1. The van der Waals surface area contributed by atoms with Crippen LogP contribution in [-0.4, -0.2) is 341 Å². The van der Waals surface area contributed by atoms with Crippen LogP contribution in [0.4, 0.5) is 0 Å². The van der Waals surface area contributed by atoms with E-state index in [1.165, 1.54) is 22.8 Å². The quantitative estimate of drug-likeness (QED) is 0.0174. The zero-order valence-corrected chi connectivity index (χ0v) is 114. The SMILES string of the molecule is O=C(N[C@@H]1[C@@H](OS(=O)(=O)[O-])[C@H](OS(=O)(=O)[O-])[C@@H](CNC(=O)[C@H](OS(=O)(=O)[O-])[C@@H](OS(=O)(=O)[O-])[C@H](OS(=O)(=O)[O-])[C@@H](COS(=O)(=O)[O-])OS(=O)(=O)[O-])O[C@@]1([O-])Cc1ccccc1)c1ccc(C(=O)N[C@@H]2[C@@H](OS(=O)(=O)[O-])[C@H](OS(=O)(=O)[O-])[C@@H](CNC(=O)[C@H](OS(=O)(=O)[O-])[C@@H](OS(=O)(=O)[O-])[C@H](OS(=O)(=O)[O-])[C@@H](COS(=O)(=O)O)OS(=O)(=O)O)O[C@@]2([O-])Cc2ccccc2)cc1.[Na+].[Na+].[Na+].[Na+].[Na+].[Na+].[Na+].[Na+].[Na+].[Na+].[Na+].[Na+].[Na+].[Na+]. The van der Waals surface area contributed by atoms with E-state index in [9.17, 15) is 196 Å². The molecule has 6 N–H and O–H groups in total. The molecule has 142 heavy (non-hydrogen) atoms. The van der Waals surface area contributed by atoms with Crippen LogP contribution in [0.1, 0.15) is 31.8 Å². The number of carbonyl (C=O) groups is 4. The van der Waals surface area contributed by atoms with Crippen molar-refractivity contribution < 1.29 is 693 Å². The molecule has 2 aliphatic rings. The van der Waals surface area contributed by atoms with Crippen molar-refractivity contribution in [3.63, 3.8) is 0 Å². The van der Waals surface area contributed by atoms with Gasteiger partial charge in [0.1, 0.15) is 73.2 Å². The Kier molecular flexibility index (Phi) is 83.1. The van der Waals surface area contributed by atoms with E-state index in [4.69, 9.17) is 14.0 Å². The molecule has 5 rings (SSSR count). The maximum atomic E-state index is 15.6. The number of ether oxygens (including phenoxy) is 2. The Labute approximate surface area is 1120 Å². The predicted molar refractivity (Wildman–Crippen MR) is 360 cm³/mol. The van der Waals surface area contributed by atoms with Gasteiger partial charge in [-0.15, -0.1) is 0 Å². The molecule has 2 heterocycles. The van der Waals surface area contributed by atoms with Crippen LogP contribution < -0.4 is 445 Å².